The van der Waals surface area contributed by atoms with Crippen LogP contribution in [0.4, 0.5) is 4.79 Å². The number of rotatable bonds is 0. The lowest BCUT2D eigenvalue weighted by Crippen LogP contribution is -2.67. The van der Waals surface area contributed by atoms with Crippen molar-refractivity contribution >= 4 is 6.03 Å². The second kappa shape index (κ2) is 3.76. The van der Waals surface area contributed by atoms with E-state index >= 15 is 0 Å². The van der Waals surface area contributed by atoms with Crippen LogP contribution in [-0.4, -0.2) is 49.1 Å². The Hall–Kier alpha value is -0.770. The largest absolute Gasteiger partial charge is 0.354 e. The summed E-state index contributed by atoms with van der Waals surface area (Å²) in [6, 6.07) is 0.533. The zero-order valence-electron chi connectivity index (χ0n) is 7.92. The van der Waals surface area contributed by atoms with Gasteiger partial charge in [-0.25, -0.2) is 4.79 Å². The second-order valence-corrected chi connectivity index (χ2v) is 3.63. The molecule has 1 atom stereocenters. The van der Waals surface area contributed by atoms with E-state index in [0.29, 0.717) is 6.04 Å². The molecule has 0 spiro atoms. The number of carbonyl (C=O) groups excluding carboxylic acids is 1. The van der Waals surface area contributed by atoms with Gasteiger partial charge < -0.3 is 15.5 Å². The minimum absolute atomic E-state index is 0.114. The number of likely N-dealkylation sites (tertiary alicyclic amines) is 1. The molecule has 0 aromatic rings. The van der Waals surface area contributed by atoms with Gasteiger partial charge in [-0.15, -0.1) is 0 Å². The Labute approximate surface area is 73.3 Å². The second-order valence-electron chi connectivity index (χ2n) is 3.63. The van der Waals surface area contributed by atoms with Crippen LogP contribution in [0.5, 0.6) is 0 Å². The Morgan fingerprint density at radius 1 is 1.58 bits per heavy atom. The van der Waals surface area contributed by atoms with Crippen LogP contribution in [-0.2, 0) is 0 Å². The number of nitrogens with zero attached hydrogens (tertiary/aromatic N) is 2. The summed E-state index contributed by atoms with van der Waals surface area (Å²) in [5.74, 6) is 0. The van der Waals surface area contributed by atoms with E-state index in [9.17, 15) is 4.79 Å². The molecule has 4 nitrogen and oxygen atoms in total. The molecule has 0 saturated carbocycles. The number of hydrogen-bond donors (Lipinski definition) is 1. The molecule has 70 valence electrons. The van der Waals surface area contributed by atoms with Crippen molar-refractivity contribution in [3.8, 4) is 0 Å². The van der Waals surface area contributed by atoms with Crippen LogP contribution in [0.2, 0.25) is 0 Å². The van der Waals surface area contributed by atoms with E-state index in [1.165, 1.54) is 0 Å². The van der Waals surface area contributed by atoms with Crippen molar-refractivity contribution in [3.05, 3.63) is 0 Å². The monoisotopic (exact) mass is 172 g/mol. The highest BCUT2D eigenvalue weighted by atomic mass is 16.2. The van der Waals surface area contributed by atoms with Crippen molar-refractivity contribution in [2.45, 2.75) is 18.9 Å². The average molecular weight is 172 g/mol. The first-order valence-corrected chi connectivity index (χ1v) is 4.40. The van der Waals surface area contributed by atoms with Gasteiger partial charge in [0.15, 0.2) is 0 Å². The van der Waals surface area contributed by atoms with Crippen LogP contribution in [0.15, 0.2) is 0 Å². The van der Waals surface area contributed by atoms with Gasteiger partial charge in [-0.3, -0.25) is 0 Å². The van der Waals surface area contributed by atoms with Gasteiger partial charge in [0.1, 0.15) is 6.04 Å². The summed E-state index contributed by atoms with van der Waals surface area (Å²) < 4.78 is 0. The van der Waals surface area contributed by atoms with E-state index in [1.807, 2.05) is 4.90 Å². The minimum atomic E-state index is 0.114. The lowest BCUT2D eigenvalue weighted by molar-refractivity contribution is -0.425. The number of hydrogen-bond acceptors (Lipinski definition) is 1. The molecule has 0 aliphatic carbocycles. The maximum atomic E-state index is 11.5. The molecule has 0 radical (unpaired) electrons. The van der Waals surface area contributed by atoms with Crippen LogP contribution in [0, 0.1) is 0 Å². The van der Waals surface area contributed by atoms with Gasteiger partial charge in [0.2, 0.25) is 0 Å². The van der Waals surface area contributed by atoms with Gasteiger partial charge in [0.25, 0.3) is 0 Å². The van der Waals surface area contributed by atoms with E-state index in [1.54, 1.807) is 19.0 Å². The van der Waals surface area contributed by atoms with Crippen molar-refractivity contribution in [1.82, 2.24) is 9.80 Å². The molecule has 0 unspecified atom stereocenters. The number of carbonyl (C=O) groups is 1. The molecule has 1 aliphatic rings. The van der Waals surface area contributed by atoms with E-state index in [-0.39, 0.29) is 6.03 Å². The summed E-state index contributed by atoms with van der Waals surface area (Å²) >= 11 is 0. The summed E-state index contributed by atoms with van der Waals surface area (Å²) in [7, 11) is 3.57. The fourth-order valence-corrected chi connectivity index (χ4v) is 1.52. The first-order chi connectivity index (χ1) is 5.61. The highest BCUT2D eigenvalue weighted by Crippen LogP contribution is 2.08. The molecule has 2 amide bonds. The molecular formula is C8H18N3O+. The fraction of sp³-hybridized carbons (Fsp3) is 0.875. The molecule has 1 aliphatic heterocycles. The Kier molecular flexibility index (Phi) is 2.92. The quantitative estimate of drug-likeness (QED) is 0.520. The molecule has 0 aromatic carbocycles. The molecule has 1 fully saturated rings. The highest BCUT2D eigenvalue weighted by molar-refractivity contribution is 5.73. The van der Waals surface area contributed by atoms with Crippen LogP contribution in [0.25, 0.3) is 0 Å². The number of amides is 2. The zero-order valence-corrected chi connectivity index (χ0v) is 7.92. The molecule has 0 aromatic heterocycles. The summed E-state index contributed by atoms with van der Waals surface area (Å²) in [5, 5.41) is 0. The van der Waals surface area contributed by atoms with Crippen LogP contribution in [0.1, 0.15) is 12.8 Å². The molecule has 1 saturated heterocycles. The van der Waals surface area contributed by atoms with E-state index < -0.39 is 0 Å². The summed E-state index contributed by atoms with van der Waals surface area (Å²) in [6.07, 6.45) is 2.24. The van der Waals surface area contributed by atoms with Crippen LogP contribution >= 0.6 is 0 Å². The number of urea groups is 1. The van der Waals surface area contributed by atoms with E-state index in [4.69, 9.17) is 0 Å². The summed E-state index contributed by atoms with van der Waals surface area (Å²) in [4.78, 5) is 15.0. The smallest absolute Gasteiger partial charge is 0.319 e. The predicted octanol–water partition coefficient (Wildman–Crippen LogP) is -0.626. The molecule has 3 N–H and O–H groups in total. The maximum Gasteiger partial charge on any atom is 0.319 e. The third-order valence-electron chi connectivity index (χ3n) is 2.17. The maximum absolute atomic E-state index is 11.5. The molecular weight excluding hydrogens is 154 g/mol. The van der Waals surface area contributed by atoms with Gasteiger partial charge in [-0.05, 0) is 6.42 Å². The lowest BCUT2D eigenvalue weighted by Gasteiger charge is -2.31. The van der Waals surface area contributed by atoms with E-state index in [2.05, 4.69) is 5.73 Å². The number of quaternary nitrogens is 1. The van der Waals surface area contributed by atoms with Gasteiger partial charge in [0.05, 0.1) is 6.54 Å². The van der Waals surface area contributed by atoms with Crippen molar-refractivity contribution in [3.63, 3.8) is 0 Å². The third-order valence-corrected chi connectivity index (χ3v) is 2.17. The fourth-order valence-electron chi connectivity index (χ4n) is 1.52. The zero-order chi connectivity index (χ0) is 9.14. The molecule has 1 heterocycles. The van der Waals surface area contributed by atoms with Crippen LogP contribution < -0.4 is 5.73 Å². The van der Waals surface area contributed by atoms with Crippen molar-refractivity contribution in [2.24, 2.45) is 0 Å². The predicted molar refractivity (Wildman–Crippen MR) is 46.6 cm³/mol. The SMILES string of the molecule is CN(C)C(=O)N1CCC[C@@H]([NH3+])C1. The van der Waals surface area contributed by atoms with Gasteiger partial charge in [-0.2, -0.15) is 0 Å². The topological polar surface area (TPSA) is 51.2 Å². The third kappa shape index (κ3) is 2.11. The first-order valence-electron chi connectivity index (χ1n) is 4.40. The summed E-state index contributed by atoms with van der Waals surface area (Å²) in [5.41, 5.74) is 3.98. The highest BCUT2D eigenvalue weighted by Gasteiger charge is 2.23. The molecule has 12 heavy (non-hydrogen) atoms. The van der Waals surface area contributed by atoms with Crippen molar-refractivity contribution in [1.29, 1.82) is 0 Å². The Balaban J connectivity index is 2.46. The number of piperidine rings is 1. The van der Waals surface area contributed by atoms with Crippen LogP contribution in [0.3, 0.4) is 0 Å². The molecule has 4 heteroatoms. The summed E-state index contributed by atoms with van der Waals surface area (Å²) in [6.45, 7) is 1.71. The Bertz CT molecular complexity index is 170. The van der Waals surface area contributed by atoms with Crippen molar-refractivity contribution < 1.29 is 10.5 Å². The standard InChI is InChI=1S/C8H17N3O/c1-10(2)8(12)11-5-3-4-7(9)6-11/h7H,3-6,9H2,1-2H3/p+1/t7-/m1/s1. The lowest BCUT2D eigenvalue weighted by atomic mass is 10.1. The van der Waals surface area contributed by atoms with Crippen molar-refractivity contribution in [2.75, 3.05) is 27.2 Å². The Morgan fingerprint density at radius 2 is 2.25 bits per heavy atom. The average Bonchev–Trinajstić information content (AvgIpc) is 2.03. The van der Waals surface area contributed by atoms with Gasteiger partial charge in [-0.1, -0.05) is 0 Å². The normalized spacial score (nSPS) is 23.9. The molecule has 1 rings (SSSR count). The Morgan fingerprint density at radius 3 is 2.75 bits per heavy atom. The minimum Gasteiger partial charge on any atom is -0.354 e. The van der Waals surface area contributed by atoms with Gasteiger partial charge in [0, 0.05) is 27.1 Å². The van der Waals surface area contributed by atoms with Gasteiger partial charge >= 0.3 is 6.03 Å². The van der Waals surface area contributed by atoms with E-state index in [0.717, 1.165) is 25.9 Å². The first kappa shape index (κ1) is 9.32. The molecule has 0 bridgehead atoms.